The molecule has 1 aliphatic heterocycles. The first-order valence-electron chi connectivity index (χ1n) is 9.12. The van der Waals surface area contributed by atoms with Crippen LogP contribution in [0.15, 0.2) is 45.8 Å². The second kappa shape index (κ2) is 6.22. The number of hydrogen-bond donors (Lipinski definition) is 0. The van der Waals surface area contributed by atoms with Gasteiger partial charge in [0.1, 0.15) is 0 Å². The van der Waals surface area contributed by atoms with Gasteiger partial charge in [-0.3, -0.25) is 0 Å². The van der Waals surface area contributed by atoms with Crippen LogP contribution in [0.5, 0.6) is 0 Å². The Balaban J connectivity index is 1.82. The fraction of sp³-hybridized carbons (Fsp3) is 0.619. The van der Waals surface area contributed by atoms with E-state index in [1.165, 1.54) is 35.1 Å². The molecule has 0 aromatic carbocycles. The molecular formula is C21H32N2. The normalized spacial score (nSPS) is 29.3. The average molecular weight is 313 g/mol. The smallest absolute Gasteiger partial charge is 0.0899 e. The van der Waals surface area contributed by atoms with Gasteiger partial charge in [-0.15, -0.1) is 0 Å². The van der Waals surface area contributed by atoms with Crippen LogP contribution in [-0.2, 0) is 0 Å². The van der Waals surface area contributed by atoms with Crippen molar-refractivity contribution in [3.8, 4) is 0 Å². The highest BCUT2D eigenvalue weighted by molar-refractivity contribution is 5.35. The summed E-state index contributed by atoms with van der Waals surface area (Å²) in [5.41, 5.74) is 9.14. The molecule has 2 heteroatoms. The van der Waals surface area contributed by atoms with Crippen LogP contribution in [0.3, 0.4) is 0 Å². The third-order valence-corrected chi connectivity index (χ3v) is 5.59. The SMILES string of the molecule is CC1=CC(C)=C(N2CCN(C3=C(C)C=C(C)C[C@H]3C)C2)C(C)C1. The van der Waals surface area contributed by atoms with E-state index in [0.717, 1.165) is 19.8 Å². The van der Waals surface area contributed by atoms with Gasteiger partial charge >= 0.3 is 0 Å². The first-order chi connectivity index (χ1) is 10.9. The molecule has 0 N–H and O–H groups in total. The first kappa shape index (κ1) is 16.4. The van der Waals surface area contributed by atoms with Crippen molar-refractivity contribution < 1.29 is 0 Å². The van der Waals surface area contributed by atoms with Crippen LogP contribution in [-0.4, -0.2) is 29.6 Å². The van der Waals surface area contributed by atoms with Crippen LogP contribution in [0.2, 0.25) is 0 Å². The molecule has 23 heavy (non-hydrogen) atoms. The van der Waals surface area contributed by atoms with Crippen LogP contribution < -0.4 is 0 Å². The third-order valence-electron chi connectivity index (χ3n) is 5.59. The molecule has 126 valence electrons. The maximum atomic E-state index is 2.63. The van der Waals surface area contributed by atoms with Crippen molar-refractivity contribution in [3.05, 3.63) is 45.8 Å². The summed E-state index contributed by atoms with van der Waals surface area (Å²) in [7, 11) is 0. The molecule has 0 aromatic rings. The Hall–Kier alpha value is -1.44. The van der Waals surface area contributed by atoms with E-state index in [1.54, 1.807) is 11.4 Å². The molecular weight excluding hydrogens is 280 g/mol. The van der Waals surface area contributed by atoms with E-state index in [1.807, 2.05) is 0 Å². The molecule has 2 nitrogen and oxygen atoms in total. The van der Waals surface area contributed by atoms with Crippen molar-refractivity contribution in [2.45, 2.75) is 54.4 Å². The molecule has 0 radical (unpaired) electrons. The van der Waals surface area contributed by atoms with Gasteiger partial charge in [-0.2, -0.15) is 0 Å². The standard InChI is InChI=1S/C21H32N2/c1-14-9-16(3)20(17(4)10-14)22-7-8-23(13-22)21-18(5)11-15(2)12-19(21)6/h9,11,17,19H,7-8,10,12-13H2,1-6H3/t17-,19?/m1/s1. The van der Waals surface area contributed by atoms with Gasteiger partial charge in [-0.1, -0.05) is 37.1 Å². The highest BCUT2D eigenvalue weighted by atomic mass is 15.4. The predicted molar refractivity (Wildman–Crippen MR) is 98.8 cm³/mol. The summed E-state index contributed by atoms with van der Waals surface area (Å²) in [6.45, 7) is 17.3. The maximum absolute atomic E-state index is 2.63. The Bertz CT molecular complexity index is 564. The monoisotopic (exact) mass is 312 g/mol. The lowest BCUT2D eigenvalue weighted by Gasteiger charge is -2.34. The zero-order valence-electron chi connectivity index (χ0n) is 15.7. The topological polar surface area (TPSA) is 6.48 Å². The molecule has 3 rings (SSSR count). The maximum Gasteiger partial charge on any atom is 0.0899 e. The summed E-state index contributed by atoms with van der Waals surface area (Å²) in [4.78, 5) is 5.25. The fourth-order valence-electron chi connectivity index (χ4n) is 5.05. The lowest BCUT2D eigenvalue weighted by molar-refractivity contribution is 0.279. The van der Waals surface area contributed by atoms with E-state index in [2.05, 4.69) is 63.5 Å². The van der Waals surface area contributed by atoms with E-state index < -0.39 is 0 Å². The molecule has 1 heterocycles. The van der Waals surface area contributed by atoms with Crippen LogP contribution in [0.4, 0.5) is 0 Å². The summed E-state index contributed by atoms with van der Waals surface area (Å²) < 4.78 is 0. The van der Waals surface area contributed by atoms with E-state index >= 15 is 0 Å². The van der Waals surface area contributed by atoms with E-state index in [-0.39, 0.29) is 0 Å². The molecule has 0 amide bonds. The van der Waals surface area contributed by atoms with E-state index in [4.69, 9.17) is 0 Å². The van der Waals surface area contributed by atoms with Crippen LogP contribution in [0.25, 0.3) is 0 Å². The predicted octanol–water partition coefficient (Wildman–Crippen LogP) is 5.08. The summed E-state index contributed by atoms with van der Waals surface area (Å²) in [5, 5.41) is 0. The second-order valence-electron chi connectivity index (χ2n) is 8.00. The van der Waals surface area contributed by atoms with Gasteiger partial charge in [0.2, 0.25) is 0 Å². The van der Waals surface area contributed by atoms with Gasteiger partial charge in [-0.05, 0) is 51.7 Å². The van der Waals surface area contributed by atoms with Gasteiger partial charge < -0.3 is 9.80 Å². The molecule has 2 atom stereocenters. The lowest BCUT2D eigenvalue weighted by Crippen LogP contribution is -2.31. The molecule has 1 saturated heterocycles. The number of rotatable bonds is 2. The molecule has 3 aliphatic rings. The van der Waals surface area contributed by atoms with Gasteiger partial charge in [0.25, 0.3) is 0 Å². The summed E-state index contributed by atoms with van der Waals surface area (Å²) in [5.74, 6) is 1.31. The van der Waals surface area contributed by atoms with Crippen LogP contribution in [0, 0.1) is 11.8 Å². The van der Waals surface area contributed by atoms with Gasteiger partial charge in [-0.25, -0.2) is 0 Å². The molecule has 1 unspecified atom stereocenters. The fourth-order valence-corrected chi connectivity index (χ4v) is 5.05. The zero-order valence-corrected chi connectivity index (χ0v) is 15.7. The molecule has 0 saturated carbocycles. The molecule has 0 aromatic heterocycles. The number of hydrogen-bond acceptors (Lipinski definition) is 2. The minimum atomic E-state index is 0.654. The van der Waals surface area contributed by atoms with Crippen LogP contribution in [0.1, 0.15) is 54.4 Å². The van der Waals surface area contributed by atoms with Gasteiger partial charge in [0.15, 0.2) is 0 Å². The Morgan fingerprint density at radius 1 is 0.739 bits per heavy atom. The number of nitrogens with zero attached hydrogens (tertiary/aromatic N) is 2. The molecule has 0 bridgehead atoms. The van der Waals surface area contributed by atoms with Gasteiger partial charge in [0.05, 0.1) is 6.67 Å². The lowest BCUT2D eigenvalue weighted by atomic mass is 9.88. The number of allylic oxidation sites excluding steroid dienone is 8. The second-order valence-corrected chi connectivity index (χ2v) is 8.00. The van der Waals surface area contributed by atoms with Crippen LogP contribution >= 0.6 is 0 Å². The van der Waals surface area contributed by atoms with Crippen molar-refractivity contribution in [3.63, 3.8) is 0 Å². The summed E-state index contributed by atoms with van der Waals surface area (Å²) >= 11 is 0. The van der Waals surface area contributed by atoms with E-state index in [0.29, 0.717) is 11.8 Å². The van der Waals surface area contributed by atoms with Crippen molar-refractivity contribution in [1.29, 1.82) is 0 Å². The molecule has 0 spiro atoms. The molecule has 1 fully saturated rings. The largest absolute Gasteiger partial charge is 0.355 e. The van der Waals surface area contributed by atoms with Crippen molar-refractivity contribution in [1.82, 2.24) is 9.80 Å². The summed E-state index contributed by atoms with van der Waals surface area (Å²) in [6, 6.07) is 0. The zero-order chi connectivity index (χ0) is 16.7. The van der Waals surface area contributed by atoms with Crippen molar-refractivity contribution in [2.24, 2.45) is 11.8 Å². The average Bonchev–Trinajstić information content (AvgIpc) is 2.85. The Labute approximate surface area is 142 Å². The third kappa shape index (κ3) is 3.13. The Morgan fingerprint density at radius 2 is 1.13 bits per heavy atom. The van der Waals surface area contributed by atoms with Crippen molar-refractivity contribution in [2.75, 3.05) is 19.8 Å². The first-order valence-corrected chi connectivity index (χ1v) is 9.12. The quantitative estimate of drug-likeness (QED) is 0.701. The van der Waals surface area contributed by atoms with Crippen molar-refractivity contribution >= 4 is 0 Å². The summed E-state index contributed by atoms with van der Waals surface area (Å²) in [6.07, 6.45) is 7.20. The minimum Gasteiger partial charge on any atom is -0.355 e. The van der Waals surface area contributed by atoms with E-state index in [9.17, 15) is 0 Å². The highest BCUT2D eigenvalue weighted by Crippen LogP contribution is 2.36. The minimum absolute atomic E-state index is 0.654. The Morgan fingerprint density at radius 3 is 1.48 bits per heavy atom. The Kier molecular flexibility index (Phi) is 4.44. The van der Waals surface area contributed by atoms with Gasteiger partial charge in [0, 0.05) is 36.3 Å². The highest BCUT2D eigenvalue weighted by Gasteiger charge is 2.31. The molecule has 2 aliphatic carbocycles.